The molecule has 2 aromatic carbocycles. The molecule has 2 N–H and O–H groups in total. The van der Waals surface area contributed by atoms with Crippen molar-refractivity contribution in [3.8, 4) is 11.4 Å². The fraction of sp³-hybridized carbons (Fsp3) is 0.433. The number of pyridine rings is 2. The summed E-state index contributed by atoms with van der Waals surface area (Å²) in [5.74, 6) is 4.75. The van der Waals surface area contributed by atoms with Crippen molar-refractivity contribution in [3.05, 3.63) is 102 Å². The topological polar surface area (TPSA) is 185 Å². The van der Waals surface area contributed by atoms with E-state index < -0.39 is 0 Å². The highest BCUT2D eigenvalue weighted by atomic mass is 35.5. The van der Waals surface area contributed by atoms with Gasteiger partial charge in [0.25, 0.3) is 0 Å². The number of likely N-dealkylation sites (tertiary alicyclic amines) is 2. The third-order valence-electron chi connectivity index (χ3n) is 17.8. The molecule has 422 valence electrons. The summed E-state index contributed by atoms with van der Waals surface area (Å²) in [7, 11) is -0.297. The minimum absolute atomic E-state index is 0.232. The van der Waals surface area contributed by atoms with Crippen LogP contribution >= 0.6 is 35.1 Å². The van der Waals surface area contributed by atoms with E-state index in [-0.39, 0.29) is 23.6 Å². The van der Waals surface area contributed by atoms with Crippen LogP contribution in [0.3, 0.4) is 0 Å². The lowest BCUT2D eigenvalue weighted by molar-refractivity contribution is 0.00578. The molecule has 7 aliphatic rings. The summed E-state index contributed by atoms with van der Waals surface area (Å²) >= 11 is 10.5. The van der Waals surface area contributed by atoms with Crippen LogP contribution in [0.4, 0.5) is 11.6 Å². The smallest absolute Gasteiger partial charge is 0.432 e. The third-order valence-corrected chi connectivity index (χ3v) is 20.7. The molecule has 7 aliphatic heterocycles. The van der Waals surface area contributed by atoms with Gasteiger partial charge < -0.3 is 47.4 Å². The molecule has 4 atom stereocenters. The Hall–Kier alpha value is -6.01. The molecule has 0 aliphatic carbocycles. The van der Waals surface area contributed by atoms with Gasteiger partial charge in [-0.1, -0.05) is 24.3 Å². The van der Waals surface area contributed by atoms with Crippen molar-refractivity contribution in [3.63, 3.8) is 0 Å². The van der Waals surface area contributed by atoms with E-state index in [4.69, 9.17) is 54.2 Å². The lowest BCUT2D eigenvalue weighted by atomic mass is 9.77. The van der Waals surface area contributed by atoms with E-state index in [0.29, 0.717) is 66.9 Å². The van der Waals surface area contributed by atoms with Gasteiger partial charge in [-0.3, -0.25) is 9.80 Å². The standard InChI is InChI=1S/C27H26N6O2S.C19H20ClN5O2S.C14H18BNO2/c1-2-20(19-4-5-28-22(19)3-1)25-30-23-21-10-16(13-33-14-18-11-17(33)15-36-18)12-29-27(21)35-24(23)26(31-25)32-6-8-34-9-7-32;20-19-22-15-14-5-11(8-25-9-13-6-12(25)10-28-13)7-21-18(14)27-16(15)17(23-19)24-1-3-26-4-2-24;1-13(2)14(3,4)18-15(17-13)11-6-5-7-12-10(11)8-9-16-12/h1-5,10,12,17-18,28H,6-9,11,13-15H2;5,7,12-13H,1-4,6,8-10H2;5-9,16H,1-4H3/t17-,18-;12-,13-;/m00./s1. The molecular formula is C60H64BClN12O6S2. The SMILES string of the molecule is CC1(C)OB(c2cccc3[nH]ccc23)OC1(C)C.Clc1nc(N2CCOCC2)c2oc3ncc(CN4C[C@@H]5C[C@H]4CS5)cc3c2n1.c1cc(-c2nc(N3CCOCC3)c3oc4ncc(CN5C[C@@H]6C[C@H]5CS6)cc4c3n2)c2cc[nH]c2c1. The van der Waals surface area contributed by atoms with E-state index in [1.807, 2.05) is 36.9 Å². The highest BCUT2D eigenvalue weighted by Crippen LogP contribution is 2.42. The number of hydrogen-bond donors (Lipinski definition) is 2. The number of nitrogens with one attached hydrogen (secondary N) is 2. The average Bonchev–Trinajstić information content (AvgIpc) is 3.69. The maximum atomic E-state index is 6.33. The predicted molar refractivity (Wildman–Crippen MR) is 327 cm³/mol. The first-order chi connectivity index (χ1) is 39.9. The number of aromatic amines is 2. The van der Waals surface area contributed by atoms with Crippen LogP contribution in [-0.2, 0) is 31.9 Å². The van der Waals surface area contributed by atoms with Gasteiger partial charge in [0.05, 0.1) is 48.4 Å². The molecule has 82 heavy (non-hydrogen) atoms. The fourth-order valence-corrected chi connectivity index (χ4v) is 15.9. The molecule has 0 radical (unpaired) electrons. The number of nitrogens with zero attached hydrogens (tertiary/aromatic N) is 10. The Morgan fingerprint density at radius 2 is 1.15 bits per heavy atom. The molecule has 7 saturated heterocycles. The molecule has 0 spiro atoms. The molecule has 4 bridgehead atoms. The van der Waals surface area contributed by atoms with Gasteiger partial charge in [-0.2, -0.15) is 28.5 Å². The van der Waals surface area contributed by atoms with Gasteiger partial charge in [0.15, 0.2) is 28.6 Å². The molecule has 0 saturated carbocycles. The van der Waals surface area contributed by atoms with Gasteiger partial charge in [-0.15, -0.1) is 0 Å². The molecule has 8 aromatic heterocycles. The van der Waals surface area contributed by atoms with E-state index in [1.54, 1.807) is 0 Å². The summed E-state index contributed by atoms with van der Waals surface area (Å²) in [5, 5.41) is 5.97. The first kappa shape index (κ1) is 52.8. The second-order valence-electron chi connectivity index (χ2n) is 23.5. The fourth-order valence-electron chi connectivity index (χ4n) is 12.7. The van der Waals surface area contributed by atoms with E-state index >= 15 is 0 Å². The first-order valence-electron chi connectivity index (χ1n) is 28.6. The second-order valence-corrected chi connectivity index (χ2v) is 26.5. The summed E-state index contributed by atoms with van der Waals surface area (Å²) in [5.41, 5.74) is 10.2. The van der Waals surface area contributed by atoms with Crippen molar-refractivity contribution in [1.82, 2.24) is 49.7 Å². The van der Waals surface area contributed by atoms with Crippen molar-refractivity contribution in [2.24, 2.45) is 0 Å². The number of anilines is 2. The molecule has 17 rings (SSSR count). The Morgan fingerprint density at radius 3 is 1.70 bits per heavy atom. The number of H-pyrrole nitrogens is 2. The highest BCUT2D eigenvalue weighted by molar-refractivity contribution is 8.00. The van der Waals surface area contributed by atoms with Gasteiger partial charge in [0.1, 0.15) is 11.0 Å². The molecular weight excluding hydrogens is 1100 g/mol. The number of ether oxygens (including phenoxy) is 2. The number of fused-ring (bicyclic) bond motifs is 12. The number of morpholine rings is 2. The van der Waals surface area contributed by atoms with Crippen LogP contribution in [0.2, 0.25) is 5.28 Å². The minimum atomic E-state index is -0.297. The monoisotopic (exact) mass is 1160 g/mol. The van der Waals surface area contributed by atoms with Crippen LogP contribution in [0.5, 0.6) is 0 Å². The molecule has 0 unspecified atom stereocenters. The minimum Gasteiger partial charge on any atom is -0.432 e. The first-order valence-corrected chi connectivity index (χ1v) is 31.1. The van der Waals surface area contributed by atoms with E-state index in [1.165, 1.54) is 48.6 Å². The van der Waals surface area contributed by atoms with Crippen molar-refractivity contribution >= 4 is 126 Å². The van der Waals surface area contributed by atoms with Crippen molar-refractivity contribution < 1.29 is 27.6 Å². The van der Waals surface area contributed by atoms with E-state index in [0.717, 1.165) is 116 Å². The number of halogens is 1. The van der Waals surface area contributed by atoms with Gasteiger partial charge in [0, 0.05) is 133 Å². The summed E-state index contributed by atoms with van der Waals surface area (Å²) in [4.78, 5) is 44.5. The molecule has 7 fully saturated rings. The van der Waals surface area contributed by atoms with E-state index in [9.17, 15) is 0 Å². The highest BCUT2D eigenvalue weighted by Gasteiger charge is 2.52. The Labute approximate surface area is 487 Å². The van der Waals surface area contributed by atoms with Gasteiger partial charge >= 0.3 is 7.12 Å². The number of rotatable bonds is 8. The largest absolute Gasteiger partial charge is 0.495 e. The average molecular weight is 1160 g/mol. The van der Waals surface area contributed by atoms with Crippen LogP contribution in [0.1, 0.15) is 51.7 Å². The Morgan fingerprint density at radius 1 is 0.622 bits per heavy atom. The van der Waals surface area contributed by atoms with Crippen LogP contribution < -0.4 is 15.3 Å². The molecule has 15 heterocycles. The Balaban J connectivity index is 0.000000112. The van der Waals surface area contributed by atoms with Gasteiger partial charge in [-0.05, 0) is 111 Å². The second kappa shape index (κ2) is 21.3. The zero-order valence-corrected chi connectivity index (χ0v) is 48.8. The van der Waals surface area contributed by atoms with Crippen molar-refractivity contribution in [2.75, 3.05) is 87.0 Å². The van der Waals surface area contributed by atoms with Crippen molar-refractivity contribution in [2.45, 2.75) is 87.4 Å². The zero-order valence-electron chi connectivity index (χ0n) is 46.4. The maximum Gasteiger partial charge on any atom is 0.495 e. The van der Waals surface area contributed by atoms with E-state index in [2.05, 4.69) is 144 Å². The van der Waals surface area contributed by atoms with Crippen LogP contribution in [0.25, 0.3) is 77.6 Å². The summed E-state index contributed by atoms with van der Waals surface area (Å²) in [6.07, 6.45) is 10.4. The lowest BCUT2D eigenvalue weighted by Crippen LogP contribution is -2.41. The summed E-state index contributed by atoms with van der Waals surface area (Å²) in [6, 6.07) is 22.3. The van der Waals surface area contributed by atoms with Crippen molar-refractivity contribution in [1.29, 1.82) is 0 Å². The molecule has 0 amide bonds. The number of aromatic nitrogens is 8. The normalized spacial score (nSPS) is 23.3. The number of thioether (sulfide) groups is 2. The lowest BCUT2D eigenvalue weighted by Gasteiger charge is -2.32. The quantitative estimate of drug-likeness (QED) is 0.108. The molecule has 18 nitrogen and oxygen atoms in total. The summed E-state index contributed by atoms with van der Waals surface area (Å²) in [6.45, 7) is 18.2. The zero-order chi connectivity index (χ0) is 55.3. The third kappa shape index (κ3) is 9.76. The number of hydrogen-bond acceptors (Lipinski definition) is 18. The molecule has 22 heteroatoms. The Bertz CT molecular complexity index is 4010. The Kier molecular flexibility index (Phi) is 13.7. The van der Waals surface area contributed by atoms with Crippen LogP contribution in [-0.4, -0.2) is 168 Å². The van der Waals surface area contributed by atoms with Gasteiger partial charge in [-0.25, -0.2) is 24.9 Å². The van der Waals surface area contributed by atoms with Crippen LogP contribution in [0, 0.1) is 0 Å². The number of furan rings is 2. The van der Waals surface area contributed by atoms with Gasteiger partial charge in [0.2, 0.25) is 16.7 Å². The summed E-state index contributed by atoms with van der Waals surface area (Å²) < 4.78 is 35.7. The molecule has 10 aromatic rings. The number of benzene rings is 2. The predicted octanol–water partition coefficient (Wildman–Crippen LogP) is 9.86. The maximum absolute atomic E-state index is 6.33. The van der Waals surface area contributed by atoms with Crippen LogP contribution in [0.15, 0.2) is 94.3 Å².